The largest absolute Gasteiger partial charge is 0.455 e. The zero-order valence-corrected chi connectivity index (χ0v) is 13.6. The summed E-state index contributed by atoms with van der Waals surface area (Å²) in [4.78, 5) is 37.3. The summed E-state index contributed by atoms with van der Waals surface area (Å²) in [6.07, 6.45) is 1.14. The zero-order chi connectivity index (χ0) is 16.7. The van der Waals surface area contributed by atoms with Crippen molar-refractivity contribution >= 4 is 29.5 Å². The van der Waals surface area contributed by atoms with Crippen LogP contribution in [0.25, 0.3) is 0 Å². The molecule has 6 nitrogen and oxygen atoms in total. The van der Waals surface area contributed by atoms with Gasteiger partial charge < -0.3 is 15.4 Å². The van der Waals surface area contributed by atoms with Gasteiger partial charge in [0.25, 0.3) is 5.91 Å². The van der Waals surface area contributed by atoms with Crippen LogP contribution < -0.4 is 5.73 Å². The second kappa shape index (κ2) is 8.57. The third-order valence-corrected chi connectivity index (χ3v) is 4.69. The number of hydrogen-bond acceptors (Lipinski definition) is 5. The average Bonchev–Trinajstić information content (AvgIpc) is 2.58. The zero-order valence-electron chi connectivity index (χ0n) is 12.8. The molecule has 1 heterocycles. The molecule has 7 heteroatoms. The molecule has 23 heavy (non-hydrogen) atoms. The number of carbonyl (C=O) groups excluding carboxylic acids is 3. The number of rotatable bonds is 6. The van der Waals surface area contributed by atoms with Gasteiger partial charge in [0.05, 0.1) is 5.75 Å². The molecule has 1 aliphatic heterocycles. The van der Waals surface area contributed by atoms with Crippen LogP contribution in [0.15, 0.2) is 35.2 Å². The lowest BCUT2D eigenvalue weighted by molar-refractivity contribution is -0.150. The number of likely N-dealkylation sites (tertiary alicyclic amines) is 1. The van der Waals surface area contributed by atoms with Gasteiger partial charge in [-0.05, 0) is 25.0 Å². The minimum Gasteiger partial charge on any atom is -0.455 e. The van der Waals surface area contributed by atoms with Gasteiger partial charge in [-0.3, -0.25) is 14.4 Å². The molecule has 1 aromatic rings. The summed E-state index contributed by atoms with van der Waals surface area (Å²) in [5.41, 5.74) is 5.25. The van der Waals surface area contributed by atoms with Crippen LogP contribution in [-0.2, 0) is 19.1 Å². The van der Waals surface area contributed by atoms with E-state index in [1.807, 2.05) is 30.3 Å². The number of benzene rings is 1. The molecule has 0 atom stereocenters. The predicted octanol–water partition coefficient (Wildman–Crippen LogP) is 1.05. The van der Waals surface area contributed by atoms with E-state index in [-0.39, 0.29) is 30.1 Å². The number of primary amides is 1. The number of carbonyl (C=O) groups is 3. The molecule has 1 saturated heterocycles. The van der Waals surface area contributed by atoms with E-state index in [2.05, 4.69) is 0 Å². The number of piperidine rings is 1. The van der Waals surface area contributed by atoms with Crippen LogP contribution >= 0.6 is 11.8 Å². The van der Waals surface area contributed by atoms with E-state index in [0.29, 0.717) is 25.9 Å². The minimum atomic E-state index is -0.417. The van der Waals surface area contributed by atoms with Gasteiger partial charge in [0, 0.05) is 23.9 Å². The Morgan fingerprint density at radius 1 is 1.17 bits per heavy atom. The van der Waals surface area contributed by atoms with E-state index in [0.717, 1.165) is 4.90 Å². The fraction of sp³-hybridized carbons (Fsp3) is 0.438. The Kier molecular flexibility index (Phi) is 6.46. The Labute approximate surface area is 139 Å². The van der Waals surface area contributed by atoms with Gasteiger partial charge in [-0.2, -0.15) is 0 Å². The Hall–Kier alpha value is -2.02. The highest BCUT2D eigenvalue weighted by Gasteiger charge is 2.26. The average molecular weight is 336 g/mol. The van der Waals surface area contributed by atoms with Gasteiger partial charge in [-0.15, -0.1) is 11.8 Å². The third kappa shape index (κ3) is 5.59. The van der Waals surface area contributed by atoms with Gasteiger partial charge in [0.2, 0.25) is 5.91 Å². The highest BCUT2D eigenvalue weighted by Crippen LogP contribution is 2.18. The Balaban J connectivity index is 1.66. The van der Waals surface area contributed by atoms with Crippen molar-refractivity contribution in [1.82, 2.24) is 4.90 Å². The van der Waals surface area contributed by atoms with Crippen LogP contribution in [-0.4, -0.2) is 48.1 Å². The molecular weight excluding hydrogens is 316 g/mol. The summed E-state index contributed by atoms with van der Waals surface area (Å²) < 4.78 is 5.01. The predicted molar refractivity (Wildman–Crippen MR) is 86.6 cm³/mol. The molecule has 0 aromatic heterocycles. The topological polar surface area (TPSA) is 89.7 Å². The molecule has 1 aliphatic rings. The van der Waals surface area contributed by atoms with E-state index in [4.69, 9.17) is 10.5 Å². The monoisotopic (exact) mass is 336 g/mol. The maximum Gasteiger partial charge on any atom is 0.316 e. The fourth-order valence-corrected chi connectivity index (χ4v) is 3.07. The van der Waals surface area contributed by atoms with Crippen molar-refractivity contribution in [2.24, 2.45) is 11.7 Å². The van der Waals surface area contributed by atoms with E-state index in [9.17, 15) is 14.4 Å². The Morgan fingerprint density at radius 2 is 1.83 bits per heavy atom. The first-order valence-corrected chi connectivity index (χ1v) is 8.45. The highest BCUT2D eigenvalue weighted by molar-refractivity contribution is 8.00. The van der Waals surface area contributed by atoms with Crippen LogP contribution in [0.4, 0.5) is 0 Å². The standard InChI is InChI=1S/C16H20N2O4S/c17-16(21)12-6-8-18(9-7-12)14(19)10-22-15(20)11-23-13-4-2-1-3-5-13/h1-5,12H,6-11H2,(H2,17,21). The second-order valence-electron chi connectivity index (χ2n) is 5.32. The van der Waals surface area contributed by atoms with Crippen molar-refractivity contribution in [2.45, 2.75) is 17.7 Å². The van der Waals surface area contributed by atoms with Crippen LogP contribution in [0.3, 0.4) is 0 Å². The molecular formula is C16H20N2O4S. The molecule has 1 fully saturated rings. The first kappa shape index (κ1) is 17.3. The van der Waals surface area contributed by atoms with Crippen LogP contribution in [0.1, 0.15) is 12.8 Å². The van der Waals surface area contributed by atoms with Crippen LogP contribution in [0.5, 0.6) is 0 Å². The van der Waals surface area contributed by atoms with Crippen LogP contribution in [0, 0.1) is 5.92 Å². The molecule has 2 rings (SSSR count). The van der Waals surface area contributed by atoms with Crippen molar-refractivity contribution < 1.29 is 19.1 Å². The smallest absolute Gasteiger partial charge is 0.316 e. The van der Waals surface area contributed by atoms with Gasteiger partial charge in [-0.25, -0.2) is 0 Å². The molecule has 0 unspecified atom stereocenters. The van der Waals surface area contributed by atoms with Gasteiger partial charge in [0.15, 0.2) is 6.61 Å². The van der Waals surface area contributed by atoms with Crippen LogP contribution in [0.2, 0.25) is 0 Å². The minimum absolute atomic E-state index is 0.163. The molecule has 2 N–H and O–H groups in total. The molecule has 1 aromatic carbocycles. The summed E-state index contributed by atoms with van der Waals surface area (Å²) >= 11 is 1.37. The van der Waals surface area contributed by atoms with E-state index in [1.54, 1.807) is 4.90 Å². The van der Waals surface area contributed by atoms with Gasteiger partial charge in [-0.1, -0.05) is 18.2 Å². The number of thioether (sulfide) groups is 1. The summed E-state index contributed by atoms with van der Waals surface area (Å²) in [5, 5.41) is 0. The van der Waals surface area contributed by atoms with Crippen molar-refractivity contribution in [3.05, 3.63) is 30.3 Å². The summed E-state index contributed by atoms with van der Waals surface area (Å²) in [7, 11) is 0. The van der Waals surface area contributed by atoms with Gasteiger partial charge in [0.1, 0.15) is 0 Å². The van der Waals surface area contributed by atoms with E-state index in [1.165, 1.54) is 11.8 Å². The molecule has 0 aliphatic carbocycles. The molecule has 0 bridgehead atoms. The van der Waals surface area contributed by atoms with Crippen molar-refractivity contribution in [1.29, 1.82) is 0 Å². The number of nitrogens with zero attached hydrogens (tertiary/aromatic N) is 1. The molecule has 0 spiro atoms. The molecule has 0 radical (unpaired) electrons. The number of esters is 1. The molecule has 2 amide bonds. The Bertz CT molecular complexity index is 556. The molecule has 124 valence electrons. The lowest BCUT2D eigenvalue weighted by Gasteiger charge is -2.30. The Morgan fingerprint density at radius 3 is 2.43 bits per heavy atom. The fourth-order valence-electron chi connectivity index (χ4n) is 2.35. The van der Waals surface area contributed by atoms with E-state index >= 15 is 0 Å². The van der Waals surface area contributed by atoms with Crippen molar-refractivity contribution in [3.63, 3.8) is 0 Å². The maximum atomic E-state index is 12.0. The van der Waals surface area contributed by atoms with Crippen molar-refractivity contribution in [2.75, 3.05) is 25.4 Å². The second-order valence-corrected chi connectivity index (χ2v) is 6.37. The summed E-state index contributed by atoms with van der Waals surface area (Å²) in [6, 6.07) is 9.51. The molecule has 0 saturated carbocycles. The number of ether oxygens (including phenoxy) is 1. The SMILES string of the molecule is NC(=O)C1CCN(C(=O)COC(=O)CSc2ccccc2)CC1. The maximum absolute atomic E-state index is 12.0. The normalized spacial score (nSPS) is 15.2. The number of nitrogens with two attached hydrogens (primary N) is 1. The summed E-state index contributed by atoms with van der Waals surface area (Å²) in [5.74, 6) is -0.961. The quantitative estimate of drug-likeness (QED) is 0.619. The number of hydrogen-bond donors (Lipinski definition) is 1. The van der Waals surface area contributed by atoms with Gasteiger partial charge >= 0.3 is 5.97 Å². The highest BCUT2D eigenvalue weighted by atomic mass is 32.2. The third-order valence-electron chi connectivity index (χ3n) is 3.71. The first-order valence-electron chi connectivity index (χ1n) is 7.47. The summed E-state index contributed by atoms with van der Waals surface area (Å²) in [6.45, 7) is 0.695. The first-order chi connectivity index (χ1) is 11.1. The van der Waals surface area contributed by atoms with Crippen molar-refractivity contribution in [3.8, 4) is 0 Å². The lowest BCUT2D eigenvalue weighted by atomic mass is 9.96. The lowest BCUT2D eigenvalue weighted by Crippen LogP contribution is -2.43. The number of amides is 2. The van der Waals surface area contributed by atoms with E-state index < -0.39 is 5.97 Å².